The zero-order chi connectivity index (χ0) is 15.0. The van der Waals surface area contributed by atoms with Gasteiger partial charge in [0.05, 0.1) is 12.4 Å². The SMILES string of the molecule is C=CCO/N=C1\C2=C(C(=O)c3ccccc31)N(C)CN2C. The molecule has 0 unspecified atom stereocenters. The maximum atomic E-state index is 12.7. The number of benzene rings is 1. The van der Waals surface area contributed by atoms with Gasteiger partial charge in [-0.25, -0.2) is 0 Å². The van der Waals surface area contributed by atoms with E-state index < -0.39 is 0 Å². The van der Waals surface area contributed by atoms with Gasteiger partial charge in [-0.2, -0.15) is 0 Å². The van der Waals surface area contributed by atoms with E-state index in [1.165, 1.54) is 0 Å². The molecule has 1 heterocycles. The second-order valence-electron chi connectivity index (χ2n) is 5.13. The van der Waals surface area contributed by atoms with E-state index >= 15 is 0 Å². The topological polar surface area (TPSA) is 45.1 Å². The van der Waals surface area contributed by atoms with Gasteiger partial charge in [0.2, 0.25) is 5.78 Å². The van der Waals surface area contributed by atoms with Crippen LogP contribution in [0.3, 0.4) is 0 Å². The summed E-state index contributed by atoms with van der Waals surface area (Å²) in [5, 5.41) is 4.24. The molecule has 5 nitrogen and oxygen atoms in total. The summed E-state index contributed by atoms with van der Waals surface area (Å²) in [7, 11) is 3.86. The molecular formula is C16H17N3O2. The number of carbonyl (C=O) groups excluding carboxylic acids is 1. The Morgan fingerprint density at radius 3 is 2.62 bits per heavy atom. The molecule has 0 amide bonds. The van der Waals surface area contributed by atoms with E-state index in [0.29, 0.717) is 30.2 Å². The van der Waals surface area contributed by atoms with Crippen molar-refractivity contribution in [2.24, 2.45) is 5.16 Å². The number of allylic oxidation sites excluding steroid dienone is 2. The third kappa shape index (κ3) is 2.01. The van der Waals surface area contributed by atoms with Crippen molar-refractivity contribution in [1.29, 1.82) is 0 Å². The van der Waals surface area contributed by atoms with Crippen molar-refractivity contribution in [2.75, 3.05) is 27.4 Å². The summed E-state index contributed by atoms with van der Waals surface area (Å²) in [6, 6.07) is 7.50. The minimum atomic E-state index is 0.0371. The molecule has 0 N–H and O–H groups in total. The molecule has 1 aliphatic carbocycles. The summed E-state index contributed by atoms with van der Waals surface area (Å²) >= 11 is 0. The Kier molecular flexibility index (Phi) is 3.25. The van der Waals surface area contributed by atoms with Crippen LogP contribution >= 0.6 is 0 Å². The van der Waals surface area contributed by atoms with E-state index in [0.717, 1.165) is 11.3 Å². The second-order valence-corrected chi connectivity index (χ2v) is 5.13. The smallest absolute Gasteiger partial charge is 0.211 e. The Labute approximate surface area is 123 Å². The second kappa shape index (κ2) is 5.09. The van der Waals surface area contributed by atoms with Crippen molar-refractivity contribution in [2.45, 2.75) is 0 Å². The zero-order valence-corrected chi connectivity index (χ0v) is 12.2. The molecule has 0 radical (unpaired) electrons. The van der Waals surface area contributed by atoms with Crippen LogP contribution in [0.5, 0.6) is 0 Å². The number of nitrogens with zero attached hydrogens (tertiary/aromatic N) is 3. The number of carbonyl (C=O) groups is 1. The molecule has 3 rings (SSSR count). The Morgan fingerprint density at radius 1 is 1.24 bits per heavy atom. The quantitative estimate of drug-likeness (QED) is 0.482. The van der Waals surface area contributed by atoms with Gasteiger partial charge >= 0.3 is 0 Å². The number of likely N-dealkylation sites (N-methyl/N-ethyl adjacent to an activating group) is 2. The summed E-state index contributed by atoms with van der Waals surface area (Å²) in [6.07, 6.45) is 1.64. The molecule has 0 fully saturated rings. The Hall–Kier alpha value is -2.56. The van der Waals surface area contributed by atoms with Gasteiger partial charge in [-0.1, -0.05) is 42.1 Å². The molecule has 0 spiro atoms. The van der Waals surface area contributed by atoms with Crippen LogP contribution in [0.25, 0.3) is 0 Å². The van der Waals surface area contributed by atoms with Crippen LogP contribution in [0, 0.1) is 0 Å². The predicted octanol–water partition coefficient (Wildman–Crippen LogP) is 1.84. The molecule has 5 heteroatoms. The molecule has 0 saturated carbocycles. The summed E-state index contributed by atoms with van der Waals surface area (Å²) < 4.78 is 0. The molecule has 0 bridgehead atoms. The fourth-order valence-electron chi connectivity index (χ4n) is 2.78. The molecule has 1 aromatic rings. The molecule has 2 aliphatic rings. The normalized spacial score (nSPS) is 19.0. The van der Waals surface area contributed by atoms with Gasteiger partial charge in [0.1, 0.15) is 18.0 Å². The zero-order valence-electron chi connectivity index (χ0n) is 12.2. The van der Waals surface area contributed by atoms with Crippen LogP contribution in [0.15, 0.2) is 53.5 Å². The molecule has 0 saturated heterocycles. The van der Waals surface area contributed by atoms with E-state index in [1.807, 2.05) is 48.2 Å². The first-order chi connectivity index (χ1) is 10.1. The first-order valence-electron chi connectivity index (χ1n) is 6.77. The highest BCUT2D eigenvalue weighted by Gasteiger charge is 2.39. The average molecular weight is 283 g/mol. The number of Topliss-reactive ketones (excluding diaryl/α,β-unsaturated/α-hetero) is 1. The molecule has 1 aliphatic heterocycles. The van der Waals surface area contributed by atoms with E-state index in [9.17, 15) is 4.79 Å². The first-order valence-corrected chi connectivity index (χ1v) is 6.77. The predicted molar refractivity (Wildman–Crippen MR) is 80.9 cm³/mol. The summed E-state index contributed by atoms with van der Waals surface area (Å²) in [5.74, 6) is 0.0371. The minimum Gasteiger partial charge on any atom is -0.391 e. The Morgan fingerprint density at radius 2 is 1.90 bits per heavy atom. The third-order valence-electron chi connectivity index (χ3n) is 3.63. The third-order valence-corrected chi connectivity index (χ3v) is 3.63. The van der Waals surface area contributed by atoms with Gasteiger partial charge in [0.25, 0.3) is 0 Å². The van der Waals surface area contributed by atoms with Gasteiger partial charge < -0.3 is 14.6 Å². The first kappa shape index (κ1) is 13.4. The fraction of sp³-hybridized carbons (Fsp3) is 0.250. The molecular weight excluding hydrogens is 266 g/mol. The highest BCUT2D eigenvalue weighted by molar-refractivity contribution is 6.28. The van der Waals surface area contributed by atoms with E-state index in [1.54, 1.807) is 6.08 Å². The van der Waals surface area contributed by atoms with Crippen LogP contribution in [-0.2, 0) is 4.84 Å². The minimum absolute atomic E-state index is 0.0371. The number of fused-ring (bicyclic) bond motifs is 1. The maximum absolute atomic E-state index is 12.7. The lowest BCUT2D eigenvalue weighted by molar-refractivity contribution is 0.100. The summed E-state index contributed by atoms with van der Waals surface area (Å²) in [6.45, 7) is 4.61. The fourth-order valence-corrected chi connectivity index (χ4v) is 2.78. The lowest BCUT2D eigenvalue weighted by atomic mass is 9.90. The lowest BCUT2D eigenvalue weighted by Crippen LogP contribution is -2.27. The average Bonchev–Trinajstić information content (AvgIpc) is 2.78. The lowest BCUT2D eigenvalue weighted by Gasteiger charge is -2.22. The highest BCUT2D eigenvalue weighted by Crippen LogP contribution is 2.33. The van der Waals surface area contributed by atoms with Gasteiger partial charge in [0.15, 0.2) is 0 Å². The van der Waals surface area contributed by atoms with Crippen molar-refractivity contribution in [3.8, 4) is 0 Å². The molecule has 1 aromatic carbocycles. The van der Waals surface area contributed by atoms with Crippen LogP contribution in [0.4, 0.5) is 0 Å². The number of oxime groups is 1. The summed E-state index contributed by atoms with van der Waals surface area (Å²) in [4.78, 5) is 21.9. The van der Waals surface area contributed by atoms with Crippen LogP contribution in [-0.4, -0.2) is 48.7 Å². The molecule has 21 heavy (non-hydrogen) atoms. The molecule has 0 aromatic heterocycles. The van der Waals surface area contributed by atoms with Gasteiger partial charge in [-0.15, -0.1) is 0 Å². The monoisotopic (exact) mass is 283 g/mol. The van der Waals surface area contributed by atoms with Crippen LogP contribution in [0.1, 0.15) is 15.9 Å². The van der Waals surface area contributed by atoms with E-state index in [2.05, 4.69) is 11.7 Å². The molecule has 0 atom stereocenters. The van der Waals surface area contributed by atoms with Gasteiger partial charge in [-0.05, 0) is 0 Å². The maximum Gasteiger partial charge on any atom is 0.211 e. The standard InChI is InChI=1S/C16H17N3O2/c1-4-9-21-17-13-11-7-5-6-8-12(11)16(20)15-14(13)18(2)10-19(15)3/h4-8H,1,9-10H2,2-3H3/b17-13-. The van der Waals surface area contributed by atoms with E-state index in [4.69, 9.17) is 4.84 Å². The summed E-state index contributed by atoms with van der Waals surface area (Å²) in [5.41, 5.74) is 3.68. The van der Waals surface area contributed by atoms with Gasteiger partial charge in [0, 0.05) is 25.2 Å². The number of rotatable bonds is 3. The Balaban J connectivity index is 2.18. The van der Waals surface area contributed by atoms with Crippen molar-refractivity contribution in [1.82, 2.24) is 9.80 Å². The van der Waals surface area contributed by atoms with Crippen molar-refractivity contribution >= 4 is 11.5 Å². The highest BCUT2D eigenvalue weighted by atomic mass is 16.6. The Bertz CT molecular complexity index is 676. The van der Waals surface area contributed by atoms with Gasteiger partial charge in [-0.3, -0.25) is 4.79 Å². The largest absolute Gasteiger partial charge is 0.391 e. The number of hydrogen-bond donors (Lipinski definition) is 0. The van der Waals surface area contributed by atoms with Crippen molar-refractivity contribution < 1.29 is 9.63 Å². The number of hydrogen-bond acceptors (Lipinski definition) is 5. The van der Waals surface area contributed by atoms with Crippen LogP contribution in [0.2, 0.25) is 0 Å². The van der Waals surface area contributed by atoms with Crippen molar-refractivity contribution in [3.05, 3.63) is 59.4 Å². The molecule has 108 valence electrons. The number of ketones is 1. The van der Waals surface area contributed by atoms with Crippen molar-refractivity contribution in [3.63, 3.8) is 0 Å². The van der Waals surface area contributed by atoms with E-state index in [-0.39, 0.29) is 5.78 Å². The van der Waals surface area contributed by atoms with Crippen LogP contribution < -0.4 is 0 Å².